The lowest BCUT2D eigenvalue weighted by molar-refractivity contribution is 0.221. The second kappa shape index (κ2) is 7.78. The van der Waals surface area contributed by atoms with Gasteiger partial charge in [-0.25, -0.2) is 0 Å². The van der Waals surface area contributed by atoms with Crippen molar-refractivity contribution in [2.24, 2.45) is 11.8 Å². The molecule has 1 aromatic rings. The number of nitrogens with one attached hydrogen (secondary N) is 1. The average molecular weight is 313 g/mol. The van der Waals surface area contributed by atoms with Gasteiger partial charge in [0.05, 0.1) is 6.10 Å². The van der Waals surface area contributed by atoms with Gasteiger partial charge in [-0.3, -0.25) is 0 Å². The molecule has 0 saturated heterocycles. The maximum Gasteiger partial charge on any atom is 0.322 e. The van der Waals surface area contributed by atoms with Crippen LogP contribution in [0.2, 0.25) is 5.28 Å². The van der Waals surface area contributed by atoms with Gasteiger partial charge in [-0.05, 0) is 50.1 Å². The molecule has 0 spiro atoms. The molecule has 0 atom stereocenters. The van der Waals surface area contributed by atoms with Crippen molar-refractivity contribution >= 4 is 17.5 Å². The van der Waals surface area contributed by atoms with Crippen molar-refractivity contribution in [3.8, 4) is 6.01 Å². The SMILES string of the molecule is CCC1CCC(CNc2nc(Cl)nc(OC(C)C)n2)CC1. The van der Waals surface area contributed by atoms with E-state index in [0.29, 0.717) is 11.9 Å². The zero-order chi connectivity index (χ0) is 15.2. The van der Waals surface area contributed by atoms with Gasteiger partial charge in [-0.1, -0.05) is 26.2 Å². The Morgan fingerprint density at radius 1 is 1.14 bits per heavy atom. The highest BCUT2D eigenvalue weighted by atomic mass is 35.5. The highest BCUT2D eigenvalue weighted by Crippen LogP contribution is 2.30. The van der Waals surface area contributed by atoms with E-state index in [1.54, 1.807) is 0 Å². The van der Waals surface area contributed by atoms with Gasteiger partial charge in [0.1, 0.15) is 0 Å². The topological polar surface area (TPSA) is 59.9 Å². The number of anilines is 1. The molecule has 0 bridgehead atoms. The zero-order valence-corrected chi connectivity index (χ0v) is 13.9. The fourth-order valence-corrected chi connectivity index (χ4v) is 2.91. The third-order valence-electron chi connectivity index (χ3n) is 4.02. The molecule has 0 unspecified atom stereocenters. The van der Waals surface area contributed by atoms with Crippen molar-refractivity contribution < 1.29 is 4.74 Å². The normalized spacial score (nSPS) is 22.3. The summed E-state index contributed by atoms with van der Waals surface area (Å²) < 4.78 is 5.47. The summed E-state index contributed by atoms with van der Waals surface area (Å²) in [6.07, 6.45) is 6.55. The molecule has 1 fully saturated rings. The Balaban J connectivity index is 1.86. The van der Waals surface area contributed by atoms with Crippen LogP contribution in [0.25, 0.3) is 0 Å². The molecule has 0 amide bonds. The molecule has 6 heteroatoms. The zero-order valence-electron chi connectivity index (χ0n) is 13.1. The molecule has 1 aliphatic carbocycles. The van der Waals surface area contributed by atoms with Crippen molar-refractivity contribution in [1.29, 1.82) is 0 Å². The van der Waals surface area contributed by atoms with E-state index in [0.717, 1.165) is 12.5 Å². The van der Waals surface area contributed by atoms with Crippen molar-refractivity contribution in [2.75, 3.05) is 11.9 Å². The van der Waals surface area contributed by atoms with E-state index < -0.39 is 0 Å². The average Bonchev–Trinajstić information content (AvgIpc) is 2.44. The summed E-state index contributed by atoms with van der Waals surface area (Å²) in [6.45, 7) is 7.03. The number of nitrogens with zero attached hydrogens (tertiary/aromatic N) is 3. The fraction of sp³-hybridized carbons (Fsp3) is 0.800. The fourth-order valence-electron chi connectivity index (χ4n) is 2.75. The molecule has 1 saturated carbocycles. The summed E-state index contributed by atoms with van der Waals surface area (Å²) in [4.78, 5) is 12.3. The summed E-state index contributed by atoms with van der Waals surface area (Å²) in [5.41, 5.74) is 0. The van der Waals surface area contributed by atoms with Crippen LogP contribution in [-0.4, -0.2) is 27.6 Å². The van der Waals surface area contributed by atoms with Gasteiger partial charge in [0.25, 0.3) is 0 Å². The van der Waals surface area contributed by atoms with Crippen LogP contribution in [0.15, 0.2) is 0 Å². The Bertz CT molecular complexity index is 447. The molecular formula is C15H25ClN4O. The molecule has 2 rings (SSSR count). The highest BCUT2D eigenvalue weighted by Gasteiger charge is 2.20. The second-order valence-corrected chi connectivity index (χ2v) is 6.39. The number of aromatic nitrogens is 3. The molecule has 1 N–H and O–H groups in total. The van der Waals surface area contributed by atoms with Crippen molar-refractivity contribution in [3.05, 3.63) is 5.28 Å². The lowest BCUT2D eigenvalue weighted by Crippen LogP contribution is -2.22. The first kappa shape index (κ1) is 16.3. The third kappa shape index (κ3) is 5.30. The lowest BCUT2D eigenvalue weighted by atomic mass is 9.81. The van der Waals surface area contributed by atoms with Gasteiger partial charge in [0.15, 0.2) is 0 Å². The predicted octanol–water partition coefficient (Wildman–Crippen LogP) is 3.94. The van der Waals surface area contributed by atoms with Gasteiger partial charge in [0.2, 0.25) is 11.2 Å². The minimum Gasteiger partial charge on any atom is -0.461 e. The summed E-state index contributed by atoms with van der Waals surface area (Å²) in [7, 11) is 0. The number of halogens is 1. The molecule has 0 radical (unpaired) electrons. The summed E-state index contributed by atoms with van der Waals surface area (Å²) in [5.74, 6) is 2.11. The van der Waals surface area contributed by atoms with Crippen LogP contribution in [-0.2, 0) is 0 Å². The maximum absolute atomic E-state index is 5.91. The van der Waals surface area contributed by atoms with Crippen molar-refractivity contribution in [2.45, 2.75) is 59.0 Å². The molecule has 1 aliphatic rings. The molecule has 0 aromatic carbocycles. The van der Waals surface area contributed by atoms with Crippen molar-refractivity contribution in [1.82, 2.24) is 15.0 Å². The van der Waals surface area contributed by atoms with Crippen LogP contribution < -0.4 is 10.1 Å². The standard InChI is InChI=1S/C15H25ClN4O/c1-4-11-5-7-12(8-6-11)9-17-14-18-13(16)19-15(20-14)21-10(2)3/h10-12H,4-9H2,1-3H3,(H,17,18,19,20). The van der Waals surface area contributed by atoms with E-state index in [9.17, 15) is 0 Å². The monoisotopic (exact) mass is 312 g/mol. The first-order chi connectivity index (χ1) is 10.1. The Morgan fingerprint density at radius 2 is 1.81 bits per heavy atom. The van der Waals surface area contributed by atoms with Crippen LogP contribution in [0.1, 0.15) is 52.9 Å². The van der Waals surface area contributed by atoms with Gasteiger partial charge in [-0.15, -0.1) is 0 Å². The van der Waals surface area contributed by atoms with E-state index >= 15 is 0 Å². The Morgan fingerprint density at radius 3 is 2.43 bits per heavy atom. The van der Waals surface area contributed by atoms with Gasteiger partial charge in [0, 0.05) is 6.54 Å². The molecule has 5 nitrogen and oxygen atoms in total. The van der Waals surface area contributed by atoms with Gasteiger partial charge < -0.3 is 10.1 Å². The Kier molecular flexibility index (Phi) is 6.03. The van der Waals surface area contributed by atoms with Crippen LogP contribution in [0.5, 0.6) is 6.01 Å². The van der Waals surface area contributed by atoms with Crippen molar-refractivity contribution in [3.63, 3.8) is 0 Å². The Hall–Kier alpha value is -1.10. The Labute approximate surface area is 131 Å². The second-order valence-electron chi connectivity index (χ2n) is 6.05. The number of rotatable bonds is 6. The number of ether oxygens (including phenoxy) is 1. The van der Waals surface area contributed by atoms with E-state index in [-0.39, 0.29) is 17.4 Å². The molecular weight excluding hydrogens is 288 g/mol. The lowest BCUT2D eigenvalue weighted by Gasteiger charge is -2.27. The van der Waals surface area contributed by atoms with E-state index in [1.807, 2.05) is 13.8 Å². The number of hydrogen-bond donors (Lipinski definition) is 1. The van der Waals surface area contributed by atoms with E-state index in [2.05, 4.69) is 27.2 Å². The third-order valence-corrected chi connectivity index (χ3v) is 4.19. The summed E-state index contributed by atoms with van der Waals surface area (Å²) in [5, 5.41) is 3.44. The van der Waals surface area contributed by atoms with Gasteiger partial charge in [-0.2, -0.15) is 15.0 Å². The minimum absolute atomic E-state index is 0.0145. The quantitative estimate of drug-likeness (QED) is 0.862. The predicted molar refractivity (Wildman–Crippen MR) is 84.8 cm³/mol. The van der Waals surface area contributed by atoms with Crippen LogP contribution in [0, 0.1) is 11.8 Å². The first-order valence-corrected chi connectivity index (χ1v) is 8.26. The number of hydrogen-bond acceptors (Lipinski definition) is 5. The largest absolute Gasteiger partial charge is 0.461 e. The minimum atomic E-state index is 0.0145. The molecule has 21 heavy (non-hydrogen) atoms. The summed E-state index contributed by atoms with van der Waals surface area (Å²) in [6, 6.07) is 0.280. The van der Waals surface area contributed by atoms with E-state index in [1.165, 1.54) is 32.1 Å². The molecule has 0 aliphatic heterocycles. The summed E-state index contributed by atoms with van der Waals surface area (Å²) >= 11 is 5.91. The van der Waals surface area contributed by atoms with Gasteiger partial charge >= 0.3 is 6.01 Å². The molecule has 1 aromatic heterocycles. The first-order valence-electron chi connectivity index (χ1n) is 7.89. The van der Waals surface area contributed by atoms with Crippen LogP contribution in [0.3, 0.4) is 0 Å². The molecule has 1 heterocycles. The molecule has 118 valence electrons. The van der Waals surface area contributed by atoms with E-state index in [4.69, 9.17) is 16.3 Å². The van der Waals surface area contributed by atoms with Crippen LogP contribution >= 0.6 is 11.6 Å². The smallest absolute Gasteiger partial charge is 0.322 e. The highest BCUT2D eigenvalue weighted by molar-refractivity contribution is 6.28. The maximum atomic E-state index is 5.91. The van der Waals surface area contributed by atoms with Crippen LogP contribution in [0.4, 0.5) is 5.95 Å².